The summed E-state index contributed by atoms with van der Waals surface area (Å²) >= 11 is 0. The molecule has 0 bridgehead atoms. The van der Waals surface area contributed by atoms with Gasteiger partial charge in [0.2, 0.25) is 5.89 Å². The van der Waals surface area contributed by atoms with Crippen LogP contribution in [0.1, 0.15) is 30.6 Å². The molecule has 0 amide bonds. The highest BCUT2D eigenvalue weighted by Crippen LogP contribution is 2.16. The number of benzene rings is 1. The largest absolute Gasteiger partial charge is 0.497 e. The molecule has 0 aliphatic rings. The van der Waals surface area contributed by atoms with Crippen LogP contribution in [0.15, 0.2) is 28.8 Å². The van der Waals surface area contributed by atoms with E-state index in [2.05, 4.69) is 16.2 Å². The molecule has 0 saturated heterocycles. The fraction of sp³-hybridized carbons (Fsp3) is 0.400. The zero-order valence-corrected chi connectivity index (χ0v) is 11.7. The van der Waals surface area contributed by atoms with Crippen LogP contribution in [0.25, 0.3) is 0 Å². The predicted molar refractivity (Wildman–Crippen MR) is 73.2 cm³/mol. The monoisotopic (exact) mass is 271 g/mol. The van der Waals surface area contributed by atoms with E-state index in [1.54, 1.807) is 7.11 Å². The Morgan fingerprint density at radius 2 is 2.30 bits per heavy atom. The van der Waals surface area contributed by atoms with E-state index in [1.807, 2.05) is 31.2 Å². The van der Waals surface area contributed by atoms with Gasteiger partial charge in [-0.3, -0.25) is 0 Å². The van der Waals surface area contributed by atoms with E-state index < -0.39 is 0 Å². The summed E-state index contributed by atoms with van der Waals surface area (Å²) in [6.45, 7) is 2.00. The van der Waals surface area contributed by atoms with Crippen LogP contribution in [0, 0.1) is 17.2 Å². The van der Waals surface area contributed by atoms with Gasteiger partial charge in [0, 0.05) is 19.3 Å². The Morgan fingerprint density at radius 3 is 3.05 bits per heavy atom. The molecule has 1 aromatic heterocycles. The molecular formula is C15H17N3O2. The lowest BCUT2D eigenvalue weighted by Gasteiger charge is -2.01. The summed E-state index contributed by atoms with van der Waals surface area (Å²) in [4.78, 5) is 4.36. The second kappa shape index (κ2) is 6.71. The molecule has 0 spiro atoms. The number of ether oxygens (including phenoxy) is 1. The normalized spacial score (nSPS) is 11.8. The molecule has 5 nitrogen and oxygen atoms in total. The van der Waals surface area contributed by atoms with E-state index in [0.29, 0.717) is 31.0 Å². The number of rotatable bonds is 6. The van der Waals surface area contributed by atoms with Gasteiger partial charge in [-0.2, -0.15) is 10.2 Å². The van der Waals surface area contributed by atoms with Crippen LogP contribution in [0.2, 0.25) is 0 Å². The minimum atomic E-state index is 0.227. The van der Waals surface area contributed by atoms with Crippen LogP contribution >= 0.6 is 0 Å². The molecule has 2 aromatic rings. The summed E-state index contributed by atoms with van der Waals surface area (Å²) in [7, 11) is 1.64. The summed E-state index contributed by atoms with van der Waals surface area (Å²) in [5.74, 6) is 2.28. The predicted octanol–water partition coefficient (Wildman–Crippen LogP) is 2.76. The van der Waals surface area contributed by atoms with Crippen LogP contribution in [0.4, 0.5) is 0 Å². The fourth-order valence-electron chi connectivity index (χ4n) is 1.94. The number of methoxy groups -OCH3 is 1. The average molecular weight is 271 g/mol. The second-order valence-corrected chi connectivity index (χ2v) is 4.80. The number of nitrogens with zero attached hydrogens (tertiary/aromatic N) is 3. The molecule has 5 heteroatoms. The topological polar surface area (TPSA) is 71.9 Å². The van der Waals surface area contributed by atoms with Gasteiger partial charge >= 0.3 is 0 Å². The average Bonchev–Trinajstić information content (AvgIpc) is 2.86. The summed E-state index contributed by atoms with van der Waals surface area (Å²) < 4.78 is 10.4. The van der Waals surface area contributed by atoms with Gasteiger partial charge in [-0.15, -0.1) is 0 Å². The van der Waals surface area contributed by atoms with Crippen molar-refractivity contribution in [2.24, 2.45) is 5.92 Å². The van der Waals surface area contributed by atoms with Crippen molar-refractivity contribution in [2.45, 2.75) is 26.2 Å². The van der Waals surface area contributed by atoms with Crippen LogP contribution < -0.4 is 4.74 Å². The maximum absolute atomic E-state index is 8.64. The minimum absolute atomic E-state index is 0.227. The first kappa shape index (κ1) is 14.1. The van der Waals surface area contributed by atoms with Gasteiger partial charge in [0.15, 0.2) is 5.82 Å². The third-order valence-electron chi connectivity index (χ3n) is 2.97. The Balaban J connectivity index is 2.00. The van der Waals surface area contributed by atoms with Crippen molar-refractivity contribution in [1.29, 1.82) is 5.26 Å². The molecule has 0 fully saturated rings. The Morgan fingerprint density at radius 1 is 1.45 bits per heavy atom. The maximum Gasteiger partial charge on any atom is 0.226 e. The number of aromatic nitrogens is 2. The van der Waals surface area contributed by atoms with Crippen molar-refractivity contribution in [3.8, 4) is 11.8 Å². The minimum Gasteiger partial charge on any atom is -0.497 e. The van der Waals surface area contributed by atoms with Crippen molar-refractivity contribution in [1.82, 2.24) is 10.1 Å². The number of hydrogen-bond acceptors (Lipinski definition) is 5. The van der Waals surface area contributed by atoms with Gasteiger partial charge in [0.25, 0.3) is 0 Å². The highest BCUT2D eigenvalue weighted by Gasteiger charge is 2.11. The molecule has 0 radical (unpaired) electrons. The van der Waals surface area contributed by atoms with E-state index >= 15 is 0 Å². The van der Waals surface area contributed by atoms with Gasteiger partial charge in [0.1, 0.15) is 5.75 Å². The molecule has 0 N–H and O–H groups in total. The summed E-state index contributed by atoms with van der Waals surface area (Å²) in [6, 6.07) is 9.93. The molecule has 1 aromatic carbocycles. The fourth-order valence-corrected chi connectivity index (χ4v) is 1.94. The molecule has 104 valence electrons. The Kier molecular flexibility index (Phi) is 4.72. The lowest BCUT2D eigenvalue weighted by Crippen LogP contribution is -1.99. The van der Waals surface area contributed by atoms with Crippen molar-refractivity contribution in [3.63, 3.8) is 0 Å². The summed E-state index contributed by atoms with van der Waals surface area (Å²) in [5.41, 5.74) is 1.07. The first-order chi connectivity index (χ1) is 9.71. The smallest absolute Gasteiger partial charge is 0.226 e. The SMILES string of the molecule is COc1cccc(Cc2noc(CC(C)CC#N)n2)c1. The van der Waals surface area contributed by atoms with Crippen LogP contribution in [-0.4, -0.2) is 17.3 Å². The molecule has 2 rings (SSSR count). The molecule has 1 heterocycles. The molecule has 0 saturated carbocycles. The standard InChI is InChI=1S/C15H17N3O2/c1-11(6-7-16)8-15-17-14(18-20-15)10-12-4-3-5-13(9-12)19-2/h3-5,9,11H,6,8,10H2,1-2H3. The van der Waals surface area contributed by atoms with E-state index in [0.717, 1.165) is 11.3 Å². The molecule has 0 aliphatic carbocycles. The van der Waals surface area contributed by atoms with Gasteiger partial charge in [-0.05, 0) is 23.6 Å². The molecule has 0 aliphatic heterocycles. The van der Waals surface area contributed by atoms with E-state index in [9.17, 15) is 0 Å². The molecule has 1 unspecified atom stereocenters. The van der Waals surface area contributed by atoms with Crippen LogP contribution in [0.3, 0.4) is 0 Å². The molecule has 20 heavy (non-hydrogen) atoms. The van der Waals surface area contributed by atoms with Crippen molar-refractivity contribution < 1.29 is 9.26 Å². The highest BCUT2D eigenvalue weighted by molar-refractivity contribution is 5.30. The quantitative estimate of drug-likeness (QED) is 0.807. The van der Waals surface area contributed by atoms with Crippen molar-refractivity contribution >= 4 is 0 Å². The zero-order valence-electron chi connectivity index (χ0n) is 11.7. The zero-order chi connectivity index (χ0) is 14.4. The second-order valence-electron chi connectivity index (χ2n) is 4.80. The number of nitriles is 1. The highest BCUT2D eigenvalue weighted by atomic mass is 16.5. The lowest BCUT2D eigenvalue weighted by atomic mass is 10.1. The van der Waals surface area contributed by atoms with E-state index in [4.69, 9.17) is 14.5 Å². The third-order valence-corrected chi connectivity index (χ3v) is 2.97. The van der Waals surface area contributed by atoms with E-state index in [-0.39, 0.29) is 5.92 Å². The van der Waals surface area contributed by atoms with Gasteiger partial charge in [-0.25, -0.2) is 0 Å². The Bertz CT molecular complexity index is 601. The van der Waals surface area contributed by atoms with Crippen molar-refractivity contribution in [3.05, 3.63) is 41.5 Å². The van der Waals surface area contributed by atoms with E-state index in [1.165, 1.54) is 0 Å². The van der Waals surface area contributed by atoms with Crippen LogP contribution in [0.5, 0.6) is 5.75 Å². The Hall–Kier alpha value is -2.35. The first-order valence-electron chi connectivity index (χ1n) is 6.52. The summed E-state index contributed by atoms with van der Waals surface area (Å²) in [6.07, 6.45) is 1.74. The molecular weight excluding hydrogens is 254 g/mol. The summed E-state index contributed by atoms with van der Waals surface area (Å²) in [5, 5.41) is 12.6. The van der Waals surface area contributed by atoms with Crippen LogP contribution in [-0.2, 0) is 12.8 Å². The van der Waals surface area contributed by atoms with Gasteiger partial charge in [-0.1, -0.05) is 24.2 Å². The number of hydrogen-bond donors (Lipinski definition) is 0. The molecule has 1 atom stereocenters. The lowest BCUT2D eigenvalue weighted by molar-refractivity contribution is 0.355. The van der Waals surface area contributed by atoms with Gasteiger partial charge < -0.3 is 9.26 Å². The Labute approximate surface area is 118 Å². The maximum atomic E-state index is 8.64. The van der Waals surface area contributed by atoms with Crippen molar-refractivity contribution in [2.75, 3.05) is 7.11 Å². The third kappa shape index (κ3) is 3.82. The first-order valence-corrected chi connectivity index (χ1v) is 6.52. The van der Waals surface area contributed by atoms with Gasteiger partial charge in [0.05, 0.1) is 13.2 Å².